The van der Waals surface area contributed by atoms with Gasteiger partial charge in [-0.15, -0.1) is 0 Å². The molecule has 0 aromatic carbocycles. The third kappa shape index (κ3) is 4.33. The molecule has 112 valence electrons. The van der Waals surface area contributed by atoms with Crippen LogP contribution in [0.1, 0.15) is 31.5 Å². The van der Waals surface area contributed by atoms with E-state index in [0.29, 0.717) is 12.5 Å². The molecule has 0 aliphatic heterocycles. The third-order valence-corrected chi connectivity index (χ3v) is 4.14. The number of nitrogens with zero attached hydrogens (tertiary/aromatic N) is 3. The van der Waals surface area contributed by atoms with Crippen molar-refractivity contribution in [1.29, 1.82) is 0 Å². The average molecular weight is 298 g/mol. The first-order valence-corrected chi connectivity index (χ1v) is 8.97. The Hall–Kier alpha value is -1.37. The van der Waals surface area contributed by atoms with Crippen molar-refractivity contribution in [1.82, 2.24) is 9.97 Å². The molecule has 0 radical (unpaired) electrons. The lowest BCUT2D eigenvalue weighted by molar-refractivity contribution is 0.601. The summed E-state index contributed by atoms with van der Waals surface area (Å²) in [6.07, 6.45) is 3.53. The van der Waals surface area contributed by atoms with Crippen LogP contribution in [0.5, 0.6) is 0 Å². The highest BCUT2D eigenvalue weighted by atomic mass is 32.2. The first-order valence-electron chi connectivity index (χ1n) is 6.90. The van der Waals surface area contributed by atoms with Gasteiger partial charge in [0.05, 0.1) is 5.75 Å². The van der Waals surface area contributed by atoms with Crippen molar-refractivity contribution < 1.29 is 8.42 Å². The van der Waals surface area contributed by atoms with E-state index in [2.05, 4.69) is 15.3 Å². The quantitative estimate of drug-likeness (QED) is 0.817. The molecule has 0 bridgehead atoms. The standard InChI is InChI=1S/C13H22N4O2S/c1-4-14-11-9-12(16-13(15-11)10-5-6-10)17(2)7-8-20(3,18)19/h9-10H,4-8H2,1-3H3,(H,14,15,16). The minimum atomic E-state index is -2.96. The number of anilines is 2. The van der Waals surface area contributed by atoms with Gasteiger partial charge in [0.25, 0.3) is 0 Å². The first-order chi connectivity index (χ1) is 9.39. The SMILES string of the molecule is CCNc1cc(N(C)CCS(C)(=O)=O)nc(C2CC2)n1. The number of rotatable bonds is 7. The largest absolute Gasteiger partial charge is 0.370 e. The van der Waals surface area contributed by atoms with E-state index in [1.807, 2.05) is 24.9 Å². The molecule has 20 heavy (non-hydrogen) atoms. The summed E-state index contributed by atoms with van der Waals surface area (Å²) in [7, 11) is -1.10. The van der Waals surface area contributed by atoms with Gasteiger partial charge in [-0.2, -0.15) is 0 Å². The van der Waals surface area contributed by atoms with Crippen molar-refractivity contribution in [3.63, 3.8) is 0 Å². The van der Waals surface area contributed by atoms with Gasteiger partial charge in [-0.1, -0.05) is 0 Å². The second kappa shape index (κ2) is 5.95. The van der Waals surface area contributed by atoms with Gasteiger partial charge >= 0.3 is 0 Å². The minimum absolute atomic E-state index is 0.128. The highest BCUT2D eigenvalue weighted by Crippen LogP contribution is 2.39. The van der Waals surface area contributed by atoms with Crippen molar-refractivity contribution in [2.24, 2.45) is 0 Å². The summed E-state index contributed by atoms with van der Waals surface area (Å²) in [5, 5.41) is 3.20. The fourth-order valence-corrected chi connectivity index (χ4v) is 2.47. The van der Waals surface area contributed by atoms with E-state index in [0.717, 1.165) is 36.8 Å². The molecule has 1 aliphatic carbocycles. The Morgan fingerprint density at radius 2 is 2.10 bits per heavy atom. The predicted octanol–water partition coefficient (Wildman–Crippen LogP) is 1.27. The zero-order chi connectivity index (χ0) is 14.8. The Balaban J connectivity index is 2.16. The summed E-state index contributed by atoms with van der Waals surface area (Å²) in [5.74, 6) is 3.05. The molecule has 1 fully saturated rings. The maximum absolute atomic E-state index is 11.2. The van der Waals surface area contributed by atoms with E-state index in [9.17, 15) is 8.42 Å². The van der Waals surface area contributed by atoms with Gasteiger partial charge in [-0.25, -0.2) is 18.4 Å². The van der Waals surface area contributed by atoms with E-state index in [1.54, 1.807) is 0 Å². The minimum Gasteiger partial charge on any atom is -0.370 e. The fourth-order valence-electron chi connectivity index (χ4n) is 1.86. The van der Waals surface area contributed by atoms with E-state index >= 15 is 0 Å². The van der Waals surface area contributed by atoms with Crippen LogP contribution < -0.4 is 10.2 Å². The van der Waals surface area contributed by atoms with Crippen molar-refractivity contribution in [3.05, 3.63) is 11.9 Å². The summed E-state index contributed by atoms with van der Waals surface area (Å²) in [5.41, 5.74) is 0. The number of hydrogen-bond donors (Lipinski definition) is 1. The van der Waals surface area contributed by atoms with Crippen LogP contribution in [0.25, 0.3) is 0 Å². The topological polar surface area (TPSA) is 75.2 Å². The molecule has 1 heterocycles. The molecule has 0 saturated heterocycles. The van der Waals surface area contributed by atoms with Gasteiger partial charge in [0.15, 0.2) is 0 Å². The highest BCUT2D eigenvalue weighted by Gasteiger charge is 2.27. The fraction of sp³-hybridized carbons (Fsp3) is 0.692. The molecule has 6 nitrogen and oxygen atoms in total. The maximum Gasteiger partial charge on any atom is 0.149 e. The zero-order valence-electron chi connectivity index (χ0n) is 12.3. The molecule has 1 saturated carbocycles. The van der Waals surface area contributed by atoms with Crippen molar-refractivity contribution in [2.45, 2.75) is 25.7 Å². The Morgan fingerprint density at radius 3 is 2.65 bits per heavy atom. The van der Waals surface area contributed by atoms with Gasteiger partial charge in [-0.05, 0) is 19.8 Å². The van der Waals surface area contributed by atoms with Crippen LogP contribution in [0.15, 0.2) is 6.07 Å². The van der Waals surface area contributed by atoms with E-state index in [1.165, 1.54) is 6.26 Å². The van der Waals surface area contributed by atoms with Crippen molar-refractivity contribution in [2.75, 3.05) is 42.4 Å². The normalized spacial score (nSPS) is 15.2. The lowest BCUT2D eigenvalue weighted by Crippen LogP contribution is -2.26. The number of sulfone groups is 1. The maximum atomic E-state index is 11.2. The van der Waals surface area contributed by atoms with Gasteiger partial charge < -0.3 is 10.2 Å². The number of nitrogens with one attached hydrogen (secondary N) is 1. The summed E-state index contributed by atoms with van der Waals surface area (Å²) < 4.78 is 22.5. The second-order valence-corrected chi connectivity index (χ2v) is 7.59. The number of hydrogen-bond acceptors (Lipinski definition) is 6. The Bertz CT molecular complexity index is 570. The van der Waals surface area contributed by atoms with Crippen LogP contribution in [0.2, 0.25) is 0 Å². The lowest BCUT2D eigenvalue weighted by atomic mass is 10.3. The van der Waals surface area contributed by atoms with Crippen LogP contribution in [0.4, 0.5) is 11.6 Å². The molecule has 2 rings (SSSR count). The van der Waals surface area contributed by atoms with Crippen LogP contribution in [-0.2, 0) is 9.84 Å². The third-order valence-electron chi connectivity index (χ3n) is 3.22. The molecule has 0 unspecified atom stereocenters. The molecule has 0 spiro atoms. The number of aromatic nitrogens is 2. The summed E-state index contributed by atoms with van der Waals surface area (Å²) >= 11 is 0. The van der Waals surface area contributed by atoms with Crippen LogP contribution in [-0.4, -0.2) is 50.5 Å². The van der Waals surface area contributed by atoms with E-state index < -0.39 is 9.84 Å². The Labute approximate surface area is 120 Å². The Morgan fingerprint density at radius 1 is 1.40 bits per heavy atom. The van der Waals surface area contributed by atoms with Crippen LogP contribution in [0.3, 0.4) is 0 Å². The summed E-state index contributed by atoms with van der Waals surface area (Å²) in [6.45, 7) is 3.26. The molecular weight excluding hydrogens is 276 g/mol. The van der Waals surface area contributed by atoms with Gasteiger partial charge in [0.2, 0.25) is 0 Å². The highest BCUT2D eigenvalue weighted by molar-refractivity contribution is 7.90. The van der Waals surface area contributed by atoms with Gasteiger partial charge in [0, 0.05) is 38.4 Å². The molecular formula is C13H22N4O2S. The first kappa shape index (κ1) is 15.0. The van der Waals surface area contributed by atoms with Gasteiger partial charge in [-0.3, -0.25) is 0 Å². The molecule has 1 aliphatic rings. The summed E-state index contributed by atoms with van der Waals surface area (Å²) in [4.78, 5) is 10.9. The molecule has 1 N–H and O–H groups in total. The Kier molecular flexibility index (Phi) is 4.47. The molecule has 1 aromatic heterocycles. The van der Waals surface area contributed by atoms with Crippen LogP contribution in [0, 0.1) is 0 Å². The smallest absolute Gasteiger partial charge is 0.149 e. The van der Waals surface area contributed by atoms with E-state index in [4.69, 9.17) is 0 Å². The molecule has 7 heteroatoms. The molecule has 1 aromatic rings. The van der Waals surface area contributed by atoms with Crippen molar-refractivity contribution in [3.8, 4) is 0 Å². The second-order valence-electron chi connectivity index (χ2n) is 5.33. The van der Waals surface area contributed by atoms with Gasteiger partial charge in [0.1, 0.15) is 27.3 Å². The van der Waals surface area contributed by atoms with Crippen LogP contribution >= 0.6 is 0 Å². The van der Waals surface area contributed by atoms with Crippen molar-refractivity contribution >= 4 is 21.5 Å². The summed E-state index contributed by atoms with van der Waals surface area (Å²) in [6, 6.07) is 1.87. The lowest BCUT2D eigenvalue weighted by Gasteiger charge is -2.19. The van der Waals surface area contributed by atoms with E-state index in [-0.39, 0.29) is 5.75 Å². The molecule has 0 atom stereocenters. The molecule has 0 amide bonds. The predicted molar refractivity (Wildman–Crippen MR) is 81.2 cm³/mol. The monoisotopic (exact) mass is 298 g/mol. The average Bonchev–Trinajstić information content (AvgIpc) is 3.19. The zero-order valence-corrected chi connectivity index (χ0v) is 13.1.